The van der Waals surface area contributed by atoms with Crippen LogP contribution in [0.15, 0.2) is 54.6 Å². The van der Waals surface area contributed by atoms with Crippen molar-refractivity contribution in [1.82, 2.24) is 4.90 Å². The van der Waals surface area contributed by atoms with E-state index in [1.165, 1.54) is 0 Å². The first-order valence-corrected chi connectivity index (χ1v) is 9.02. The molecule has 2 aromatic rings. The van der Waals surface area contributed by atoms with Crippen LogP contribution in [0.5, 0.6) is 0 Å². The van der Waals surface area contributed by atoms with E-state index in [0.717, 1.165) is 23.2 Å². The summed E-state index contributed by atoms with van der Waals surface area (Å²) in [5, 5.41) is 9.66. The number of carboxylic acids is 1. The van der Waals surface area contributed by atoms with E-state index in [1.807, 2.05) is 54.6 Å². The minimum Gasteiger partial charge on any atom is -0.481 e. The Morgan fingerprint density at radius 1 is 0.962 bits per heavy atom. The lowest BCUT2D eigenvalue weighted by atomic mass is 9.94. The number of benzene rings is 2. The van der Waals surface area contributed by atoms with Gasteiger partial charge in [0.05, 0.1) is 11.8 Å². The Kier molecular flexibility index (Phi) is 4.47. The number of para-hydroxylation sites is 1. The molecule has 2 aliphatic heterocycles. The van der Waals surface area contributed by atoms with E-state index in [2.05, 4.69) is 4.90 Å². The van der Waals surface area contributed by atoms with Crippen LogP contribution in [0.3, 0.4) is 0 Å². The molecule has 0 bridgehead atoms. The molecule has 1 fully saturated rings. The van der Waals surface area contributed by atoms with Crippen LogP contribution in [0, 0.1) is 11.8 Å². The van der Waals surface area contributed by atoms with Gasteiger partial charge in [-0.1, -0.05) is 48.5 Å². The molecule has 1 saturated heterocycles. The largest absolute Gasteiger partial charge is 0.481 e. The third-order valence-corrected chi connectivity index (χ3v) is 5.43. The molecule has 0 radical (unpaired) electrons. The van der Waals surface area contributed by atoms with E-state index in [9.17, 15) is 14.7 Å². The van der Waals surface area contributed by atoms with E-state index >= 15 is 0 Å². The van der Waals surface area contributed by atoms with Crippen LogP contribution in [0.4, 0.5) is 5.69 Å². The van der Waals surface area contributed by atoms with Gasteiger partial charge in [-0.25, -0.2) is 0 Å². The molecule has 134 valence electrons. The van der Waals surface area contributed by atoms with Crippen LogP contribution >= 0.6 is 0 Å². The first-order valence-electron chi connectivity index (χ1n) is 9.02. The predicted molar refractivity (Wildman–Crippen MR) is 98.8 cm³/mol. The average Bonchev–Trinajstić information content (AvgIpc) is 3.26. The fourth-order valence-corrected chi connectivity index (χ4v) is 4.12. The number of nitrogens with zero attached hydrogens (tertiary/aromatic N) is 2. The van der Waals surface area contributed by atoms with Crippen LogP contribution in [0.25, 0.3) is 0 Å². The number of aliphatic carboxylic acids is 1. The molecule has 26 heavy (non-hydrogen) atoms. The Labute approximate surface area is 152 Å². The highest BCUT2D eigenvalue weighted by atomic mass is 16.4. The summed E-state index contributed by atoms with van der Waals surface area (Å²) in [5.41, 5.74) is 3.23. The molecule has 0 saturated carbocycles. The second-order valence-corrected chi connectivity index (χ2v) is 7.10. The van der Waals surface area contributed by atoms with Gasteiger partial charge in [0.2, 0.25) is 5.91 Å². The van der Waals surface area contributed by atoms with Crippen LogP contribution in [-0.4, -0.2) is 41.5 Å². The maximum Gasteiger partial charge on any atom is 0.308 e. The number of fused-ring (bicyclic) bond motifs is 1. The number of amides is 1. The molecule has 0 aliphatic carbocycles. The summed E-state index contributed by atoms with van der Waals surface area (Å²) < 4.78 is 0. The smallest absolute Gasteiger partial charge is 0.308 e. The highest BCUT2D eigenvalue weighted by Crippen LogP contribution is 2.33. The molecule has 1 N–H and O–H groups in total. The lowest BCUT2D eigenvalue weighted by molar-refractivity contribution is -0.144. The topological polar surface area (TPSA) is 60.9 Å². The highest BCUT2D eigenvalue weighted by Gasteiger charge is 2.44. The van der Waals surface area contributed by atoms with Crippen LogP contribution in [0.1, 0.15) is 11.1 Å². The molecular formula is C21H22N2O3. The molecule has 0 spiro atoms. The van der Waals surface area contributed by atoms with Crippen molar-refractivity contribution < 1.29 is 14.7 Å². The molecule has 2 heterocycles. The van der Waals surface area contributed by atoms with E-state index in [4.69, 9.17) is 0 Å². The fraction of sp³-hybridized carbons (Fsp3) is 0.333. The number of hydrogen-bond acceptors (Lipinski definition) is 3. The van der Waals surface area contributed by atoms with E-state index in [-0.39, 0.29) is 5.91 Å². The normalized spacial score (nSPS) is 22.4. The first-order chi connectivity index (χ1) is 12.6. The van der Waals surface area contributed by atoms with Gasteiger partial charge in [0.15, 0.2) is 0 Å². The van der Waals surface area contributed by atoms with Crippen molar-refractivity contribution in [2.45, 2.75) is 13.0 Å². The van der Waals surface area contributed by atoms with Crippen molar-refractivity contribution in [3.05, 3.63) is 65.7 Å². The van der Waals surface area contributed by atoms with Gasteiger partial charge >= 0.3 is 5.97 Å². The number of carboxylic acid groups (broad SMARTS) is 1. The average molecular weight is 350 g/mol. The SMILES string of the molecule is O=C(O)[C@@H]1CN(Cc2ccccc2)C[C@@H]1C(=O)N1CCc2ccccc21. The van der Waals surface area contributed by atoms with E-state index in [1.54, 1.807) is 4.90 Å². The Bertz CT molecular complexity index is 821. The standard InChI is InChI=1S/C21H22N2O3/c24-20(23-11-10-16-8-4-5-9-19(16)23)17-13-22(14-18(17)21(25)26)12-15-6-2-1-3-7-15/h1-9,17-18H,10-14H2,(H,25,26)/t17-,18+/m0/s1. The molecule has 0 unspecified atom stereocenters. The Morgan fingerprint density at radius 2 is 1.65 bits per heavy atom. The van der Waals surface area contributed by atoms with Crippen molar-refractivity contribution in [2.24, 2.45) is 11.8 Å². The van der Waals surface area contributed by atoms with Crippen molar-refractivity contribution >= 4 is 17.6 Å². The minimum absolute atomic E-state index is 0.0575. The first kappa shape index (κ1) is 16.8. The number of anilines is 1. The highest BCUT2D eigenvalue weighted by molar-refractivity contribution is 5.99. The Morgan fingerprint density at radius 3 is 2.42 bits per heavy atom. The molecule has 2 atom stereocenters. The number of hydrogen-bond donors (Lipinski definition) is 1. The van der Waals surface area contributed by atoms with Gasteiger partial charge in [-0.2, -0.15) is 0 Å². The third kappa shape index (κ3) is 3.10. The van der Waals surface area contributed by atoms with Gasteiger partial charge < -0.3 is 10.0 Å². The van der Waals surface area contributed by atoms with E-state index in [0.29, 0.717) is 26.2 Å². The third-order valence-electron chi connectivity index (χ3n) is 5.43. The lowest BCUT2D eigenvalue weighted by Crippen LogP contribution is -2.40. The van der Waals surface area contributed by atoms with E-state index < -0.39 is 17.8 Å². The number of carbonyl (C=O) groups excluding carboxylic acids is 1. The molecule has 4 rings (SSSR count). The Balaban J connectivity index is 1.53. The van der Waals surface area contributed by atoms with Gasteiger partial charge in [0.1, 0.15) is 0 Å². The zero-order valence-electron chi connectivity index (χ0n) is 14.5. The summed E-state index contributed by atoms with van der Waals surface area (Å²) in [6.07, 6.45) is 0.833. The number of likely N-dealkylation sites (tertiary alicyclic amines) is 1. The summed E-state index contributed by atoms with van der Waals surface area (Å²) in [4.78, 5) is 28.8. The molecule has 2 aromatic carbocycles. The summed E-state index contributed by atoms with van der Waals surface area (Å²) in [7, 11) is 0. The zero-order chi connectivity index (χ0) is 18.1. The number of carbonyl (C=O) groups is 2. The van der Waals surface area contributed by atoms with Gasteiger partial charge in [-0.15, -0.1) is 0 Å². The van der Waals surface area contributed by atoms with Crippen molar-refractivity contribution in [1.29, 1.82) is 0 Å². The molecule has 5 heteroatoms. The maximum absolute atomic E-state index is 13.2. The monoisotopic (exact) mass is 350 g/mol. The summed E-state index contributed by atoms with van der Waals surface area (Å²) in [6.45, 7) is 2.21. The van der Waals surface area contributed by atoms with Crippen molar-refractivity contribution in [2.75, 3.05) is 24.5 Å². The van der Waals surface area contributed by atoms with Gasteiger partial charge in [-0.05, 0) is 23.6 Å². The van der Waals surface area contributed by atoms with Gasteiger partial charge in [0, 0.05) is 31.9 Å². The van der Waals surface area contributed by atoms with Gasteiger partial charge in [0.25, 0.3) is 0 Å². The summed E-state index contributed by atoms with van der Waals surface area (Å²) in [5.74, 6) is -2.09. The molecule has 5 nitrogen and oxygen atoms in total. The van der Waals surface area contributed by atoms with Crippen LogP contribution in [0.2, 0.25) is 0 Å². The molecular weight excluding hydrogens is 328 g/mol. The summed E-state index contributed by atoms with van der Waals surface area (Å²) in [6, 6.07) is 17.9. The Hall–Kier alpha value is -2.66. The quantitative estimate of drug-likeness (QED) is 0.920. The zero-order valence-corrected chi connectivity index (χ0v) is 14.5. The minimum atomic E-state index is -0.883. The fourth-order valence-electron chi connectivity index (χ4n) is 4.12. The molecule has 1 amide bonds. The molecule has 0 aromatic heterocycles. The maximum atomic E-state index is 13.2. The second-order valence-electron chi connectivity index (χ2n) is 7.10. The van der Waals surface area contributed by atoms with Gasteiger partial charge in [-0.3, -0.25) is 14.5 Å². The van der Waals surface area contributed by atoms with Crippen molar-refractivity contribution in [3.63, 3.8) is 0 Å². The molecule has 2 aliphatic rings. The summed E-state index contributed by atoms with van der Waals surface area (Å²) >= 11 is 0. The van der Waals surface area contributed by atoms with Crippen LogP contribution in [-0.2, 0) is 22.6 Å². The number of rotatable bonds is 4. The predicted octanol–water partition coefficient (Wildman–Crippen LogP) is 2.41. The lowest BCUT2D eigenvalue weighted by Gasteiger charge is -2.23. The van der Waals surface area contributed by atoms with Crippen LogP contribution < -0.4 is 4.90 Å². The van der Waals surface area contributed by atoms with Crippen molar-refractivity contribution in [3.8, 4) is 0 Å². The second kappa shape index (κ2) is 6.92.